The molecule has 1 fully saturated rings. The van der Waals surface area contributed by atoms with Gasteiger partial charge in [-0.25, -0.2) is 14.8 Å². The Bertz CT molecular complexity index is 1320. The molecule has 9 heteroatoms. The fraction of sp³-hybridized carbons (Fsp3) is 0.227. The smallest absolute Gasteiger partial charge is 0.329 e. The quantitative estimate of drug-likeness (QED) is 0.523. The Balaban J connectivity index is 1.38. The number of aromatic nitrogens is 5. The van der Waals surface area contributed by atoms with E-state index in [0.717, 1.165) is 47.7 Å². The molecule has 2 aliphatic rings. The first-order chi connectivity index (χ1) is 15.2. The van der Waals surface area contributed by atoms with E-state index < -0.39 is 0 Å². The second kappa shape index (κ2) is 6.76. The number of urea groups is 1. The van der Waals surface area contributed by atoms with Crippen LogP contribution in [0.2, 0.25) is 0 Å². The van der Waals surface area contributed by atoms with Crippen molar-refractivity contribution in [2.45, 2.75) is 19.4 Å². The van der Waals surface area contributed by atoms with Crippen molar-refractivity contribution in [3.8, 4) is 11.3 Å². The zero-order valence-electron chi connectivity index (χ0n) is 16.9. The van der Waals surface area contributed by atoms with Gasteiger partial charge in [0.15, 0.2) is 5.82 Å². The maximum Gasteiger partial charge on any atom is 0.329 e. The number of carbonyl (C=O) groups excluding carboxylic acids is 1. The van der Waals surface area contributed by atoms with Crippen molar-refractivity contribution in [1.82, 2.24) is 25.1 Å². The van der Waals surface area contributed by atoms with Gasteiger partial charge in [0.05, 0.1) is 29.1 Å². The summed E-state index contributed by atoms with van der Waals surface area (Å²) in [7, 11) is 0. The first-order valence-electron chi connectivity index (χ1n) is 10.2. The largest absolute Gasteiger partial charge is 0.366 e. The molecule has 154 valence electrons. The maximum absolute atomic E-state index is 13.4. The van der Waals surface area contributed by atoms with Gasteiger partial charge in [0.25, 0.3) is 0 Å². The third-order valence-corrected chi connectivity index (χ3v) is 5.89. The van der Waals surface area contributed by atoms with E-state index in [1.807, 2.05) is 31.2 Å². The number of aromatic amines is 1. The molecule has 2 N–H and O–H groups in total. The average molecular weight is 412 g/mol. The van der Waals surface area contributed by atoms with Crippen LogP contribution in [-0.2, 0) is 0 Å². The molecule has 2 aliphatic heterocycles. The number of aryl methyl sites for hydroxylation is 1. The monoisotopic (exact) mass is 412 g/mol. The molecule has 0 saturated carbocycles. The molecule has 4 aromatic rings. The van der Waals surface area contributed by atoms with Crippen molar-refractivity contribution in [1.29, 1.82) is 0 Å². The van der Waals surface area contributed by atoms with Crippen LogP contribution in [0, 0.1) is 6.92 Å². The third kappa shape index (κ3) is 2.97. The minimum absolute atomic E-state index is 0.0760. The predicted octanol–water partition coefficient (Wildman–Crippen LogP) is 3.35. The van der Waals surface area contributed by atoms with Crippen LogP contribution in [0.1, 0.15) is 12.1 Å². The topological polar surface area (TPSA) is 103 Å². The van der Waals surface area contributed by atoms with Crippen molar-refractivity contribution in [2.24, 2.45) is 0 Å². The van der Waals surface area contributed by atoms with Gasteiger partial charge >= 0.3 is 6.03 Å². The van der Waals surface area contributed by atoms with E-state index in [9.17, 15) is 4.79 Å². The first kappa shape index (κ1) is 17.8. The molecule has 9 nitrogen and oxygen atoms in total. The highest BCUT2D eigenvalue weighted by atomic mass is 16.2. The molecule has 1 saturated heterocycles. The molecule has 6 rings (SSSR count). The number of pyridine rings is 3. The Morgan fingerprint density at radius 2 is 2.13 bits per heavy atom. The molecular weight excluding hydrogens is 392 g/mol. The van der Waals surface area contributed by atoms with Crippen LogP contribution in [0.3, 0.4) is 0 Å². The summed E-state index contributed by atoms with van der Waals surface area (Å²) in [6.45, 7) is 3.68. The minimum atomic E-state index is -0.223. The van der Waals surface area contributed by atoms with Crippen molar-refractivity contribution < 1.29 is 4.79 Å². The third-order valence-electron chi connectivity index (χ3n) is 5.89. The summed E-state index contributed by atoms with van der Waals surface area (Å²) < 4.78 is 0. The van der Waals surface area contributed by atoms with Crippen LogP contribution in [-0.4, -0.2) is 50.3 Å². The lowest BCUT2D eigenvalue weighted by Gasteiger charge is -2.35. The van der Waals surface area contributed by atoms with Crippen molar-refractivity contribution >= 4 is 34.4 Å². The number of hydrogen-bond acceptors (Lipinski definition) is 6. The Kier molecular flexibility index (Phi) is 3.89. The molecule has 1 unspecified atom stereocenters. The van der Waals surface area contributed by atoms with Crippen molar-refractivity contribution in [3.05, 3.63) is 54.5 Å². The van der Waals surface area contributed by atoms with Gasteiger partial charge in [0, 0.05) is 30.5 Å². The van der Waals surface area contributed by atoms with E-state index in [4.69, 9.17) is 4.98 Å². The van der Waals surface area contributed by atoms with Gasteiger partial charge in [0.2, 0.25) is 0 Å². The van der Waals surface area contributed by atoms with Crippen LogP contribution in [0.25, 0.3) is 22.3 Å². The summed E-state index contributed by atoms with van der Waals surface area (Å²) in [4.78, 5) is 31.1. The fourth-order valence-corrected chi connectivity index (χ4v) is 4.41. The predicted molar refractivity (Wildman–Crippen MR) is 118 cm³/mol. The molecule has 31 heavy (non-hydrogen) atoms. The van der Waals surface area contributed by atoms with Crippen molar-refractivity contribution in [3.63, 3.8) is 0 Å². The molecule has 0 radical (unpaired) electrons. The summed E-state index contributed by atoms with van der Waals surface area (Å²) in [5.74, 6) is 1.17. The number of H-pyrrole nitrogens is 1. The Hall–Kier alpha value is -4.01. The summed E-state index contributed by atoms with van der Waals surface area (Å²) in [5, 5.41) is 9.81. The molecule has 0 aromatic carbocycles. The van der Waals surface area contributed by atoms with E-state index in [1.54, 1.807) is 23.4 Å². The normalized spacial score (nSPS) is 17.1. The number of nitrogens with zero attached hydrogens (tertiary/aromatic N) is 6. The van der Waals surface area contributed by atoms with Crippen LogP contribution < -0.4 is 15.1 Å². The van der Waals surface area contributed by atoms with Gasteiger partial charge in [-0.05, 0) is 49.7 Å². The molecular formula is C22H20N8O. The summed E-state index contributed by atoms with van der Waals surface area (Å²) in [6.07, 6.45) is 4.32. The van der Waals surface area contributed by atoms with Gasteiger partial charge in [-0.15, -0.1) is 0 Å². The lowest BCUT2D eigenvalue weighted by molar-refractivity contribution is 0.254. The fourth-order valence-electron chi connectivity index (χ4n) is 4.41. The first-order valence-corrected chi connectivity index (χ1v) is 10.2. The van der Waals surface area contributed by atoms with Crippen LogP contribution in [0.4, 0.5) is 22.1 Å². The van der Waals surface area contributed by atoms with Gasteiger partial charge in [0.1, 0.15) is 11.3 Å². The average Bonchev–Trinajstić information content (AvgIpc) is 3.41. The molecule has 2 bridgehead atoms. The van der Waals surface area contributed by atoms with E-state index in [-0.39, 0.29) is 12.1 Å². The molecule has 4 aromatic heterocycles. The van der Waals surface area contributed by atoms with E-state index >= 15 is 0 Å². The standard InChI is InChI=1S/C22H20N8O/c1-13-10-14(6-8-23-13)16-2-4-19-21(26-16)30(15-7-9-29(19)12-15)22(31)27-20-5-3-17-18(25-20)11-24-28-17/h2-6,8,10-11,15H,7,9,12H2,1H3,(H,24,28)(H,25,27,31). The zero-order valence-corrected chi connectivity index (χ0v) is 16.9. The van der Waals surface area contributed by atoms with Crippen LogP contribution >= 0.6 is 0 Å². The minimum Gasteiger partial charge on any atom is -0.366 e. The summed E-state index contributed by atoms with van der Waals surface area (Å²) >= 11 is 0. The van der Waals surface area contributed by atoms with Crippen LogP contribution in [0.15, 0.2) is 48.8 Å². The number of rotatable bonds is 2. The molecule has 6 heterocycles. The van der Waals surface area contributed by atoms with Crippen molar-refractivity contribution in [2.75, 3.05) is 28.2 Å². The Morgan fingerprint density at radius 1 is 1.19 bits per heavy atom. The molecule has 0 spiro atoms. The van der Waals surface area contributed by atoms with E-state index in [0.29, 0.717) is 17.2 Å². The Morgan fingerprint density at radius 3 is 3.03 bits per heavy atom. The lowest BCUT2D eigenvalue weighted by atomic mass is 10.1. The van der Waals surface area contributed by atoms with Gasteiger partial charge in [-0.2, -0.15) is 5.10 Å². The molecule has 0 aliphatic carbocycles. The summed E-state index contributed by atoms with van der Waals surface area (Å²) in [6, 6.07) is 11.5. The highest BCUT2D eigenvalue weighted by Crippen LogP contribution is 2.40. The van der Waals surface area contributed by atoms with E-state index in [2.05, 4.69) is 36.4 Å². The number of anilines is 3. The SMILES string of the molecule is Cc1cc(-c2ccc3c(n2)N(C(=O)Nc2ccc4[nH]ncc4n2)C2CCN3C2)ccn1. The summed E-state index contributed by atoms with van der Waals surface area (Å²) in [5.41, 5.74) is 5.25. The number of nitrogens with one attached hydrogen (secondary N) is 2. The highest BCUT2D eigenvalue weighted by molar-refractivity contribution is 6.04. The number of carbonyl (C=O) groups is 1. The van der Waals surface area contributed by atoms with Gasteiger partial charge < -0.3 is 4.90 Å². The lowest BCUT2D eigenvalue weighted by Crippen LogP contribution is -2.48. The number of amides is 2. The number of fused-ring (bicyclic) bond motifs is 5. The van der Waals surface area contributed by atoms with Gasteiger partial charge in [-0.1, -0.05) is 0 Å². The molecule has 2 amide bonds. The zero-order chi connectivity index (χ0) is 20.9. The van der Waals surface area contributed by atoms with E-state index in [1.165, 1.54) is 0 Å². The maximum atomic E-state index is 13.4. The van der Waals surface area contributed by atoms with Crippen LogP contribution in [0.5, 0.6) is 0 Å². The second-order valence-electron chi connectivity index (χ2n) is 7.91. The highest BCUT2D eigenvalue weighted by Gasteiger charge is 2.40. The second-order valence-corrected chi connectivity index (χ2v) is 7.91. The molecule has 1 atom stereocenters. The van der Waals surface area contributed by atoms with Gasteiger partial charge in [-0.3, -0.25) is 20.3 Å². The number of hydrogen-bond donors (Lipinski definition) is 2. The Labute approximate surface area is 178 Å².